The lowest BCUT2D eigenvalue weighted by atomic mass is 10.1. The van der Waals surface area contributed by atoms with Gasteiger partial charge in [0.1, 0.15) is 5.69 Å². The van der Waals surface area contributed by atoms with Crippen LogP contribution < -0.4 is 16.8 Å². The minimum atomic E-state index is 0.636. The molecule has 3 aromatic rings. The Morgan fingerprint density at radius 1 is 0.750 bits per heavy atom. The molecule has 0 unspecified atom stereocenters. The molecule has 0 amide bonds. The Morgan fingerprint density at radius 3 is 2.25 bits per heavy atom. The van der Waals surface area contributed by atoms with E-state index in [2.05, 4.69) is 15.5 Å². The summed E-state index contributed by atoms with van der Waals surface area (Å²) in [4.78, 5) is 0. The van der Waals surface area contributed by atoms with Crippen molar-refractivity contribution in [2.45, 2.75) is 6.92 Å². The fourth-order valence-corrected chi connectivity index (χ4v) is 2.27. The Balaban J connectivity index is 1.90. The summed E-state index contributed by atoms with van der Waals surface area (Å²) >= 11 is 0. The van der Waals surface area contributed by atoms with Gasteiger partial charge in [0.05, 0.1) is 22.7 Å². The Morgan fingerprint density at radius 2 is 1.46 bits per heavy atom. The maximum atomic E-state index is 6.08. The van der Waals surface area contributed by atoms with Crippen molar-refractivity contribution in [3.05, 3.63) is 72.3 Å². The Bertz CT molecular complexity index is 872. The SMILES string of the molecule is Cc1cc(N)c(Nc2ccccc2N=Nc2ccccc2)cc1N. The zero-order valence-electron chi connectivity index (χ0n) is 13.4. The van der Waals surface area contributed by atoms with Gasteiger partial charge in [-0.3, -0.25) is 0 Å². The molecule has 0 radical (unpaired) electrons. The molecule has 0 heterocycles. The molecular weight excluding hydrogens is 298 g/mol. The van der Waals surface area contributed by atoms with Crippen molar-refractivity contribution in [2.75, 3.05) is 16.8 Å². The number of benzene rings is 3. The first kappa shape index (κ1) is 15.6. The Kier molecular flexibility index (Phi) is 4.43. The number of para-hydroxylation sites is 1. The molecule has 3 rings (SSSR count). The highest BCUT2D eigenvalue weighted by molar-refractivity contribution is 5.81. The zero-order chi connectivity index (χ0) is 16.9. The molecule has 0 aromatic heterocycles. The zero-order valence-corrected chi connectivity index (χ0v) is 13.4. The van der Waals surface area contributed by atoms with E-state index >= 15 is 0 Å². The van der Waals surface area contributed by atoms with E-state index in [1.54, 1.807) is 0 Å². The lowest BCUT2D eigenvalue weighted by Crippen LogP contribution is -2.00. The maximum Gasteiger partial charge on any atom is 0.109 e. The third-order valence-electron chi connectivity index (χ3n) is 3.64. The van der Waals surface area contributed by atoms with Crippen LogP contribution in [0.4, 0.5) is 34.1 Å². The van der Waals surface area contributed by atoms with Crippen molar-refractivity contribution in [1.82, 2.24) is 0 Å². The third-order valence-corrected chi connectivity index (χ3v) is 3.64. The minimum Gasteiger partial charge on any atom is -0.398 e. The number of nitrogens with zero attached hydrogens (tertiary/aromatic N) is 2. The molecule has 24 heavy (non-hydrogen) atoms. The summed E-state index contributed by atoms with van der Waals surface area (Å²) in [5.41, 5.74) is 17.4. The fraction of sp³-hybridized carbons (Fsp3) is 0.0526. The number of rotatable bonds is 4. The molecule has 5 nitrogen and oxygen atoms in total. The first-order valence-electron chi connectivity index (χ1n) is 7.62. The fourth-order valence-electron chi connectivity index (χ4n) is 2.27. The standard InChI is InChI=1S/C19H19N5/c1-13-11-16(21)19(12-15(13)20)22-17-9-5-6-10-18(17)24-23-14-7-3-2-4-8-14/h2-12,22H,20-21H2,1H3. The van der Waals surface area contributed by atoms with Crippen LogP contribution in [0.25, 0.3) is 0 Å². The molecule has 3 aromatic carbocycles. The van der Waals surface area contributed by atoms with Gasteiger partial charge in [0.25, 0.3) is 0 Å². The van der Waals surface area contributed by atoms with Crippen molar-refractivity contribution < 1.29 is 0 Å². The number of aryl methyl sites for hydroxylation is 1. The molecule has 0 atom stereocenters. The summed E-state index contributed by atoms with van der Waals surface area (Å²) in [6, 6.07) is 20.9. The lowest BCUT2D eigenvalue weighted by molar-refractivity contribution is 1.23. The van der Waals surface area contributed by atoms with E-state index in [0.717, 1.165) is 28.3 Å². The topological polar surface area (TPSA) is 88.8 Å². The molecule has 0 saturated heterocycles. The molecule has 120 valence electrons. The van der Waals surface area contributed by atoms with Crippen LogP contribution in [0, 0.1) is 6.92 Å². The van der Waals surface area contributed by atoms with Crippen LogP contribution in [0.1, 0.15) is 5.56 Å². The second kappa shape index (κ2) is 6.83. The molecule has 0 aliphatic rings. The van der Waals surface area contributed by atoms with Crippen LogP contribution >= 0.6 is 0 Å². The van der Waals surface area contributed by atoms with Crippen molar-refractivity contribution in [2.24, 2.45) is 10.2 Å². The van der Waals surface area contributed by atoms with E-state index in [0.29, 0.717) is 11.4 Å². The highest BCUT2D eigenvalue weighted by Crippen LogP contribution is 2.33. The first-order chi connectivity index (χ1) is 11.6. The highest BCUT2D eigenvalue weighted by Gasteiger charge is 2.06. The molecule has 5 heteroatoms. The Labute approximate surface area is 141 Å². The number of hydrogen-bond acceptors (Lipinski definition) is 5. The van der Waals surface area contributed by atoms with Crippen LogP contribution in [0.3, 0.4) is 0 Å². The van der Waals surface area contributed by atoms with Crippen LogP contribution in [0.15, 0.2) is 77.0 Å². The number of hydrogen-bond donors (Lipinski definition) is 3. The quantitative estimate of drug-likeness (QED) is 0.449. The first-order valence-corrected chi connectivity index (χ1v) is 7.62. The predicted molar refractivity (Wildman–Crippen MR) is 100 cm³/mol. The number of azo groups is 1. The molecule has 0 saturated carbocycles. The van der Waals surface area contributed by atoms with Crippen molar-refractivity contribution >= 4 is 34.1 Å². The summed E-state index contributed by atoms with van der Waals surface area (Å²) in [7, 11) is 0. The number of nitrogen functional groups attached to an aromatic ring is 2. The van der Waals surface area contributed by atoms with Crippen LogP contribution in [0.2, 0.25) is 0 Å². The Hall–Kier alpha value is -3.34. The van der Waals surface area contributed by atoms with Gasteiger partial charge < -0.3 is 16.8 Å². The molecule has 0 bridgehead atoms. The van der Waals surface area contributed by atoms with Crippen molar-refractivity contribution in [1.29, 1.82) is 0 Å². The molecule has 0 aliphatic carbocycles. The molecule has 5 N–H and O–H groups in total. The third kappa shape index (κ3) is 3.52. The van der Waals surface area contributed by atoms with Gasteiger partial charge in [0, 0.05) is 5.69 Å². The molecular formula is C19H19N5. The van der Waals surface area contributed by atoms with Crippen LogP contribution in [-0.4, -0.2) is 0 Å². The summed E-state index contributed by atoms with van der Waals surface area (Å²) in [6.07, 6.45) is 0. The molecule has 0 aliphatic heterocycles. The minimum absolute atomic E-state index is 0.636. The van der Waals surface area contributed by atoms with E-state index in [1.807, 2.05) is 73.7 Å². The lowest BCUT2D eigenvalue weighted by Gasteiger charge is -2.13. The number of anilines is 4. The van der Waals surface area contributed by atoms with Gasteiger partial charge in [-0.05, 0) is 48.9 Å². The van der Waals surface area contributed by atoms with Gasteiger partial charge in [0.2, 0.25) is 0 Å². The van der Waals surface area contributed by atoms with Gasteiger partial charge in [-0.25, -0.2) is 0 Å². The van der Waals surface area contributed by atoms with Crippen LogP contribution in [0.5, 0.6) is 0 Å². The molecule has 0 spiro atoms. The highest BCUT2D eigenvalue weighted by atomic mass is 15.1. The average Bonchev–Trinajstić information content (AvgIpc) is 2.60. The summed E-state index contributed by atoms with van der Waals surface area (Å²) in [5.74, 6) is 0. The normalized spacial score (nSPS) is 10.9. The average molecular weight is 317 g/mol. The van der Waals surface area contributed by atoms with Gasteiger partial charge in [0.15, 0.2) is 0 Å². The van der Waals surface area contributed by atoms with Crippen molar-refractivity contribution in [3.8, 4) is 0 Å². The van der Waals surface area contributed by atoms with E-state index in [9.17, 15) is 0 Å². The van der Waals surface area contributed by atoms with Gasteiger partial charge in [-0.1, -0.05) is 30.3 Å². The van der Waals surface area contributed by atoms with E-state index in [1.165, 1.54) is 0 Å². The summed E-state index contributed by atoms with van der Waals surface area (Å²) in [6.45, 7) is 1.93. The van der Waals surface area contributed by atoms with E-state index in [4.69, 9.17) is 11.5 Å². The van der Waals surface area contributed by atoms with Crippen LogP contribution in [-0.2, 0) is 0 Å². The van der Waals surface area contributed by atoms with Gasteiger partial charge in [-0.2, -0.15) is 5.11 Å². The van der Waals surface area contributed by atoms with Crippen molar-refractivity contribution in [3.63, 3.8) is 0 Å². The number of nitrogens with two attached hydrogens (primary N) is 2. The largest absolute Gasteiger partial charge is 0.398 e. The number of nitrogens with one attached hydrogen (secondary N) is 1. The van der Waals surface area contributed by atoms with Gasteiger partial charge >= 0.3 is 0 Å². The van der Waals surface area contributed by atoms with Gasteiger partial charge in [-0.15, -0.1) is 5.11 Å². The maximum absolute atomic E-state index is 6.08. The second-order valence-electron chi connectivity index (χ2n) is 5.47. The predicted octanol–water partition coefficient (Wildman–Crippen LogP) is 5.32. The molecule has 0 fully saturated rings. The summed E-state index contributed by atoms with van der Waals surface area (Å²) < 4.78 is 0. The smallest absolute Gasteiger partial charge is 0.109 e. The summed E-state index contributed by atoms with van der Waals surface area (Å²) in [5, 5.41) is 11.9. The second-order valence-corrected chi connectivity index (χ2v) is 5.47. The van der Waals surface area contributed by atoms with E-state index < -0.39 is 0 Å². The van der Waals surface area contributed by atoms with E-state index in [-0.39, 0.29) is 0 Å². The monoisotopic (exact) mass is 317 g/mol.